The lowest BCUT2D eigenvalue weighted by molar-refractivity contribution is 0.233. The predicted octanol–water partition coefficient (Wildman–Crippen LogP) is 1.25. The van der Waals surface area contributed by atoms with Crippen LogP contribution in [0.5, 0.6) is 0 Å². The van der Waals surface area contributed by atoms with Crippen LogP contribution in [0.1, 0.15) is 5.56 Å². The van der Waals surface area contributed by atoms with E-state index in [0.717, 1.165) is 37.3 Å². The summed E-state index contributed by atoms with van der Waals surface area (Å²) >= 11 is 3.34. The van der Waals surface area contributed by atoms with E-state index in [1.165, 1.54) is 5.56 Å². The van der Waals surface area contributed by atoms with E-state index in [1.54, 1.807) is 0 Å². The zero-order valence-electron chi connectivity index (χ0n) is 8.04. The molecule has 0 radical (unpaired) electrons. The third-order valence-electron chi connectivity index (χ3n) is 2.40. The number of pyridine rings is 1. The van der Waals surface area contributed by atoms with Crippen molar-refractivity contribution in [2.75, 3.05) is 26.2 Å². The second kappa shape index (κ2) is 4.87. The molecule has 1 saturated heterocycles. The molecule has 76 valence electrons. The quantitative estimate of drug-likeness (QED) is 0.807. The summed E-state index contributed by atoms with van der Waals surface area (Å²) in [6, 6.07) is 4.12. The molecule has 1 aliphatic rings. The third kappa shape index (κ3) is 2.77. The van der Waals surface area contributed by atoms with Crippen molar-refractivity contribution in [2.24, 2.45) is 0 Å². The summed E-state index contributed by atoms with van der Waals surface area (Å²) in [6.07, 6.45) is 1.94. The van der Waals surface area contributed by atoms with E-state index < -0.39 is 0 Å². The van der Waals surface area contributed by atoms with Crippen LogP contribution in [0.2, 0.25) is 0 Å². The molecule has 4 heteroatoms. The van der Waals surface area contributed by atoms with Crippen LogP contribution in [0.4, 0.5) is 0 Å². The molecule has 14 heavy (non-hydrogen) atoms. The van der Waals surface area contributed by atoms with Gasteiger partial charge in [-0.1, -0.05) is 6.07 Å². The molecule has 1 N–H and O–H groups in total. The van der Waals surface area contributed by atoms with Gasteiger partial charge in [0.25, 0.3) is 0 Å². The van der Waals surface area contributed by atoms with Gasteiger partial charge in [0.2, 0.25) is 0 Å². The van der Waals surface area contributed by atoms with E-state index in [1.807, 2.05) is 12.3 Å². The normalized spacial score (nSPS) is 18.4. The Morgan fingerprint density at radius 2 is 2.14 bits per heavy atom. The molecule has 1 fully saturated rings. The zero-order chi connectivity index (χ0) is 9.80. The Bertz CT molecular complexity index is 280. The van der Waals surface area contributed by atoms with Crippen molar-refractivity contribution >= 4 is 15.9 Å². The molecule has 1 aliphatic heterocycles. The second-order valence-corrected chi connectivity index (χ2v) is 4.33. The fraction of sp³-hybridized carbons (Fsp3) is 0.500. The first-order valence-corrected chi connectivity index (χ1v) is 5.67. The summed E-state index contributed by atoms with van der Waals surface area (Å²) in [6.45, 7) is 5.49. The van der Waals surface area contributed by atoms with Gasteiger partial charge in [0.1, 0.15) is 4.60 Å². The van der Waals surface area contributed by atoms with Crippen molar-refractivity contribution in [1.29, 1.82) is 0 Å². The van der Waals surface area contributed by atoms with E-state index in [0.29, 0.717) is 0 Å². The molecule has 1 aromatic heterocycles. The van der Waals surface area contributed by atoms with Gasteiger partial charge in [-0.3, -0.25) is 4.90 Å². The van der Waals surface area contributed by atoms with E-state index in [-0.39, 0.29) is 0 Å². The summed E-state index contributed by atoms with van der Waals surface area (Å²) in [5, 5.41) is 3.34. The first kappa shape index (κ1) is 10.1. The molecule has 2 heterocycles. The number of hydrogen-bond donors (Lipinski definition) is 1. The van der Waals surface area contributed by atoms with Crippen LogP contribution in [-0.2, 0) is 6.54 Å². The van der Waals surface area contributed by atoms with Crippen molar-refractivity contribution in [3.8, 4) is 0 Å². The Hall–Kier alpha value is -0.450. The van der Waals surface area contributed by atoms with Crippen molar-refractivity contribution in [3.63, 3.8) is 0 Å². The molecule has 0 unspecified atom stereocenters. The van der Waals surface area contributed by atoms with Crippen molar-refractivity contribution in [3.05, 3.63) is 28.5 Å². The molecule has 0 spiro atoms. The number of hydrogen-bond acceptors (Lipinski definition) is 3. The van der Waals surface area contributed by atoms with E-state index in [4.69, 9.17) is 0 Å². The monoisotopic (exact) mass is 255 g/mol. The summed E-state index contributed by atoms with van der Waals surface area (Å²) < 4.78 is 0.904. The SMILES string of the molecule is Brc1ccc(CN2CCNCC2)cn1. The van der Waals surface area contributed by atoms with Gasteiger partial charge < -0.3 is 5.32 Å². The predicted molar refractivity (Wildman–Crippen MR) is 60.1 cm³/mol. The number of halogens is 1. The van der Waals surface area contributed by atoms with Gasteiger partial charge in [-0.15, -0.1) is 0 Å². The van der Waals surface area contributed by atoms with Gasteiger partial charge in [0, 0.05) is 38.9 Å². The Balaban J connectivity index is 1.92. The van der Waals surface area contributed by atoms with Gasteiger partial charge in [-0.2, -0.15) is 0 Å². The van der Waals surface area contributed by atoms with Crippen LogP contribution in [0.15, 0.2) is 22.9 Å². The van der Waals surface area contributed by atoms with Gasteiger partial charge in [0.05, 0.1) is 0 Å². The smallest absolute Gasteiger partial charge is 0.106 e. The minimum atomic E-state index is 0.904. The Morgan fingerprint density at radius 1 is 1.36 bits per heavy atom. The topological polar surface area (TPSA) is 28.2 Å². The minimum Gasteiger partial charge on any atom is -0.314 e. The lowest BCUT2D eigenvalue weighted by atomic mass is 10.2. The molecule has 0 amide bonds. The largest absolute Gasteiger partial charge is 0.314 e. The zero-order valence-corrected chi connectivity index (χ0v) is 9.63. The van der Waals surface area contributed by atoms with Crippen LogP contribution in [0.3, 0.4) is 0 Å². The fourth-order valence-corrected chi connectivity index (χ4v) is 1.86. The fourth-order valence-electron chi connectivity index (χ4n) is 1.63. The molecular weight excluding hydrogens is 242 g/mol. The maximum Gasteiger partial charge on any atom is 0.106 e. The molecule has 2 rings (SSSR count). The second-order valence-electron chi connectivity index (χ2n) is 3.52. The maximum absolute atomic E-state index is 4.22. The maximum atomic E-state index is 4.22. The van der Waals surface area contributed by atoms with Crippen molar-refractivity contribution < 1.29 is 0 Å². The van der Waals surface area contributed by atoms with Crippen LogP contribution >= 0.6 is 15.9 Å². The van der Waals surface area contributed by atoms with Gasteiger partial charge in [-0.05, 0) is 27.6 Å². The molecule has 0 aliphatic carbocycles. The summed E-state index contributed by atoms with van der Waals surface area (Å²) in [4.78, 5) is 6.66. The number of rotatable bonds is 2. The molecule has 0 saturated carbocycles. The number of piperazine rings is 1. The summed E-state index contributed by atoms with van der Waals surface area (Å²) in [5.74, 6) is 0. The first-order valence-electron chi connectivity index (χ1n) is 4.88. The highest BCUT2D eigenvalue weighted by atomic mass is 79.9. The Kier molecular flexibility index (Phi) is 3.50. The molecule has 3 nitrogen and oxygen atoms in total. The highest BCUT2D eigenvalue weighted by Crippen LogP contribution is 2.08. The van der Waals surface area contributed by atoms with Crippen molar-refractivity contribution in [1.82, 2.24) is 15.2 Å². The van der Waals surface area contributed by atoms with Gasteiger partial charge >= 0.3 is 0 Å². The Morgan fingerprint density at radius 3 is 2.79 bits per heavy atom. The minimum absolute atomic E-state index is 0.904. The van der Waals surface area contributed by atoms with Crippen LogP contribution in [0.25, 0.3) is 0 Å². The average Bonchev–Trinajstić information content (AvgIpc) is 2.23. The van der Waals surface area contributed by atoms with Gasteiger partial charge in [0.15, 0.2) is 0 Å². The first-order chi connectivity index (χ1) is 6.84. The molecular formula is C10H14BrN3. The van der Waals surface area contributed by atoms with Crippen LogP contribution < -0.4 is 5.32 Å². The summed E-state index contributed by atoms with van der Waals surface area (Å²) in [7, 11) is 0. The van der Waals surface area contributed by atoms with Crippen molar-refractivity contribution in [2.45, 2.75) is 6.54 Å². The third-order valence-corrected chi connectivity index (χ3v) is 2.87. The van der Waals surface area contributed by atoms with Crippen LogP contribution in [0, 0.1) is 0 Å². The number of nitrogens with zero attached hydrogens (tertiary/aromatic N) is 2. The molecule has 0 bridgehead atoms. The van der Waals surface area contributed by atoms with Gasteiger partial charge in [-0.25, -0.2) is 4.98 Å². The van der Waals surface area contributed by atoms with E-state index in [9.17, 15) is 0 Å². The lowest BCUT2D eigenvalue weighted by Gasteiger charge is -2.26. The highest BCUT2D eigenvalue weighted by molar-refractivity contribution is 9.10. The number of nitrogens with one attached hydrogen (secondary N) is 1. The molecule has 0 atom stereocenters. The lowest BCUT2D eigenvalue weighted by Crippen LogP contribution is -2.42. The molecule has 0 aromatic carbocycles. The molecule has 1 aromatic rings. The number of aromatic nitrogens is 1. The highest BCUT2D eigenvalue weighted by Gasteiger charge is 2.09. The Labute approximate surface area is 92.6 Å². The summed E-state index contributed by atoms with van der Waals surface area (Å²) in [5.41, 5.74) is 1.29. The van der Waals surface area contributed by atoms with E-state index in [2.05, 4.69) is 37.2 Å². The standard InChI is InChI=1S/C10H14BrN3/c11-10-2-1-9(7-13-10)8-14-5-3-12-4-6-14/h1-2,7,12H,3-6,8H2. The average molecular weight is 256 g/mol. The van der Waals surface area contributed by atoms with E-state index >= 15 is 0 Å². The van der Waals surface area contributed by atoms with Crippen LogP contribution in [-0.4, -0.2) is 36.1 Å².